The van der Waals surface area contributed by atoms with Crippen LogP contribution < -0.4 is 10.9 Å². The number of carbonyl (C=O) groups is 1. The summed E-state index contributed by atoms with van der Waals surface area (Å²) in [5.74, 6) is -0.0112. The number of rotatable bonds is 6. The van der Waals surface area contributed by atoms with Gasteiger partial charge in [0.05, 0.1) is 17.1 Å². The zero-order valence-electron chi connectivity index (χ0n) is 17.8. The summed E-state index contributed by atoms with van der Waals surface area (Å²) in [4.78, 5) is 25.4. The van der Waals surface area contributed by atoms with Crippen LogP contribution in [0, 0.1) is 19.8 Å². The zero-order valence-corrected chi connectivity index (χ0v) is 18.6. The molecule has 0 aliphatic heterocycles. The van der Waals surface area contributed by atoms with Crippen molar-refractivity contribution in [2.24, 2.45) is 13.0 Å². The third-order valence-corrected chi connectivity index (χ3v) is 5.25. The van der Waals surface area contributed by atoms with E-state index in [1.807, 2.05) is 37.3 Å². The molecule has 158 valence electrons. The Bertz CT molecular complexity index is 1150. The molecule has 2 heterocycles. The molecule has 1 N–H and O–H groups in total. The first-order valence-corrected chi connectivity index (χ1v) is 10.1. The average Bonchev–Trinajstić information content (AvgIpc) is 3.07. The van der Waals surface area contributed by atoms with Gasteiger partial charge in [0, 0.05) is 25.2 Å². The van der Waals surface area contributed by atoms with Crippen LogP contribution in [0.4, 0.5) is 5.69 Å². The molecule has 30 heavy (non-hydrogen) atoms. The van der Waals surface area contributed by atoms with Gasteiger partial charge in [0.25, 0.3) is 5.56 Å². The summed E-state index contributed by atoms with van der Waals surface area (Å²) in [5, 5.41) is 7.63. The highest BCUT2D eigenvalue weighted by Crippen LogP contribution is 2.22. The SMILES string of the molecule is Cc1nn(CC(C)C)c(Cl)c1/C=C/C(=O)Nc1c(C)n(C)n(-c2ccccc2)c1=O. The second kappa shape index (κ2) is 8.75. The van der Waals surface area contributed by atoms with Gasteiger partial charge in [-0.2, -0.15) is 5.10 Å². The van der Waals surface area contributed by atoms with Gasteiger partial charge in [-0.15, -0.1) is 0 Å². The van der Waals surface area contributed by atoms with Crippen molar-refractivity contribution in [1.29, 1.82) is 0 Å². The van der Waals surface area contributed by atoms with Crippen LogP contribution in [0.2, 0.25) is 5.15 Å². The van der Waals surface area contributed by atoms with Gasteiger partial charge >= 0.3 is 0 Å². The number of nitrogens with zero attached hydrogens (tertiary/aromatic N) is 4. The Kier molecular flexibility index (Phi) is 6.31. The molecule has 0 aliphatic rings. The topological polar surface area (TPSA) is 73.8 Å². The second-order valence-electron chi connectivity index (χ2n) is 7.62. The number of anilines is 1. The number of carbonyl (C=O) groups excluding carboxylic acids is 1. The molecule has 0 fully saturated rings. The van der Waals surface area contributed by atoms with Gasteiger partial charge in [0.1, 0.15) is 10.8 Å². The van der Waals surface area contributed by atoms with Crippen molar-refractivity contribution < 1.29 is 4.79 Å². The van der Waals surface area contributed by atoms with E-state index < -0.39 is 5.91 Å². The monoisotopic (exact) mass is 427 g/mol. The predicted octanol–water partition coefficient (Wildman–Crippen LogP) is 3.95. The van der Waals surface area contributed by atoms with Crippen molar-refractivity contribution in [3.63, 3.8) is 0 Å². The van der Waals surface area contributed by atoms with Gasteiger partial charge in [0.15, 0.2) is 0 Å². The second-order valence-corrected chi connectivity index (χ2v) is 7.98. The molecule has 3 rings (SSSR count). The fourth-order valence-electron chi connectivity index (χ4n) is 3.26. The molecule has 7 nitrogen and oxygen atoms in total. The van der Waals surface area contributed by atoms with Crippen LogP contribution >= 0.6 is 11.6 Å². The molecule has 0 saturated carbocycles. The summed E-state index contributed by atoms with van der Waals surface area (Å²) < 4.78 is 4.97. The van der Waals surface area contributed by atoms with Gasteiger partial charge in [-0.05, 0) is 38.0 Å². The molecule has 0 bridgehead atoms. The molecule has 0 radical (unpaired) electrons. The van der Waals surface area contributed by atoms with E-state index in [0.717, 1.165) is 11.4 Å². The number of hydrogen-bond donors (Lipinski definition) is 1. The van der Waals surface area contributed by atoms with Crippen LogP contribution in [0.1, 0.15) is 30.8 Å². The van der Waals surface area contributed by atoms with E-state index in [1.165, 1.54) is 10.8 Å². The number of para-hydroxylation sites is 1. The summed E-state index contributed by atoms with van der Waals surface area (Å²) in [6, 6.07) is 9.28. The first-order chi connectivity index (χ1) is 14.2. The predicted molar refractivity (Wildman–Crippen MR) is 120 cm³/mol. The first kappa shape index (κ1) is 21.6. The number of halogens is 1. The third-order valence-electron chi connectivity index (χ3n) is 4.85. The zero-order chi connectivity index (χ0) is 22.0. The lowest BCUT2D eigenvalue weighted by atomic mass is 10.2. The molecule has 0 saturated heterocycles. The van der Waals surface area contributed by atoms with Gasteiger partial charge in [-0.1, -0.05) is 43.6 Å². The molecule has 1 amide bonds. The van der Waals surface area contributed by atoms with E-state index >= 15 is 0 Å². The normalized spacial score (nSPS) is 11.6. The summed E-state index contributed by atoms with van der Waals surface area (Å²) >= 11 is 6.42. The van der Waals surface area contributed by atoms with Crippen LogP contribution in [0.15, 0.2) is 41.2 Å². The van der Waals surface area contributed by atoms with Crippen LogP contribution in [-0.4, -0.2) is 25.1 Å². The number of aromatic nitrogens is 4. The smallest absolute Gasteiger partial charge is 0.295 e. The maximum atomic E-state index is 12.9. The minimum absolute atomic E-state index is 0.245. The summed E-state index contributed by atoms with van der Waals surface area (Å²) in [5.41, 5.74) is 2.77. The Morgan fingerprint density at radius 2 is 1.90 bits per heavy atom. The van der Waals surface area contributed by atoms with Gasteiger partial charge in [-0.25, -0.2) is 4.68 Å². The maximum Gasteiger partial charge on any atom is 0.295 e. The van der Waals surface area contributed by atoms with Crippen LogP contribution in [-0.2, 0) is 18.4 Å². The Morgan fingerprint density at radius 3 is 2.53 bits per heavy atom. The van der Waals surface area contributed by atoms with Crippen molar-refractivity contribution in [1.82, 2.24) is 19.1 Å². The van der Waals surface area contributed by atoms with Crippen LogP contribution in [0.25, 0.3) is 11.8 Å². The number of hydrogen-bond acceptors (Lipinski definition) is 3. The van der Waals surface area contributed by atoms with Gasteiger partial charge < -0.3 is 5.32 Å². The lowest BCUT2D eigenvalue weighted by Gasteiger charge is -2.07. The largest absolute Gasteiger partial charge is 0.316 e. The number of nitrogens with one attached hydrogen (secondary N) is 1. The highest BCUT2D eigenvalue weighted by Gasteiger charge is 2.18. The molecular weight excluding hydrogens is 402 g/mol. The summed E-state index contributed by atoms with van der Waals surface area (Å²) in [6.45, 7) is 8.50. The van der Waals surface area contributed by atoms with Crippen molar-refractivity contribution in [2.45, 2.75) is 34.2 Å². The Balaban J connectivity index is 1.84. The van der Waals surface area contributed by atoms with E-state index in [4.69, 9.17) is 11.6 Å². The summed E-state index contributed by atoms with van der Waals surface area (Å²) in [6.07, 6.45) is 3.00. The highest BCUT2D eigenvalue weighted by atomic mass is 35.5. The Labute approximate surface area is 180 Å². The Morgan fingerprint density at radius 1 is 1.23 bits per heavy atom. The van der Waals surface area contributed by atoms with Crippen molar-refractivity contribution >= 4 is 29.3 Å². The lowest BCUT2D eigenvalue weighted by molar-refractivity contribution is -0.111. The third kappa shape index (κ3) is 4.26. The molecule has 1 aromatic carbocycles. The molecule has 2 aromatic heterocycles. The molecule has 0 spiro atoms. The maximum absolute atomic E-state index is 12.9. The molecule has 8 heteroatoms. The molecule has 0 atom stereocenters. The first-order valence-electron chi connectivity index (χ1n) is 9.76. The fraction of sp³-hybridized carbons (Fsp3) is 0.318. The highest BCUT2D eigenvalue weighted by molar-refractivity contribution is 6.31. The number of benzene rings is 1. The number of aryl methyl sites for hydroxylation is 1. The van der Waals surface area contributed by atoms with Gasteiger partial charge in [-0.3, -0.25) is 19.0 Å². The molecule has 0 aliphatic carbocycles. The Hall–Kier alpha value is -3.06. The molecule has 0 unspecified atom stereocenters. The van der Waals surface area contributed by atoms with Crippen LogP contribution in [0.5, 0.6) is 0 Å². The standard InChI is InChI=1S/C22H26ClN5O2/c1-14(2)13-27-21(23)18(15(3)25-27)11-12-19(29)24-20-16(4)26(5)28(22(20)30)17-9-7-6-8-10-17/h6-12,14H,13H2,1-5H3,(H,24,29)/b12-11+. The molecular formula is C22H26ClN5O2. The fourth-order valence-corrected chi connectivity index (χ4v) is 3.57. The van der Waals surface area contributed by atoms with Crippen LogP contribution in [0.3, 0.4) is 0 Å². The van der Waals surface area contributed by atoms with E-state index in [2.05, 4.69) is 24.3 Å². The molecule has 3 aromatic rings. The van der Waals surface area contributed by atoms with E-state index in [0.29, 0.717) is 28.9 Å². The number of amides is 1. The van der Waals surface area contributed by atoms with Gasteiger partial charge in [0.2, 0.25) is 5.91 Å². The lowest BCUT2D eigenvalue weighted by Crippen LogP contribution is -2.22. The quantitative estimate of drug-likeness (QED) is 0.605. The summed E-state index contributed by atoms with van der Waals surface area (Å²) in [7, 11) is 1.78. The minimum Gasteiger partial charge on any atom is -0.316 e. The van der Waals surface area contributed by atoms with E-state index in [-0.39, 0.29) is 11.2 Å². The van der Waals surface area contributed by atoms with Crippen molar-refractivity contribution in [3.05, 3.63) is 68.9 Å². The van der Waals surface area contributed by atoms with E-state index in [9.17, 15) is 9.59 Å². The minimum atomic E-state index is -0.409. The average molecular weight is 428 g/mol. The van der Waals surface area contributed by atoms with Crippen molar-refractivity contribution in [3.8, 4) is 5.69 Å². The van der Waals surface area contributed by atoms with E-state index in [1.54, 1.807) is 29.4 Å². The van der Waals surface area contributed by atoms with Crippen molar-refractivity contribution in [2.75, 3.05) is 5.32 Å².